The number of carbonyl (C=O) groups excluding carboxylic acids is 2. The van der Waals surface area contributed by atoms with Gasteiger partial charge in [-0.25, -0.2) is 0 Å². The summed E-state index contributed by atoms with van der Waals surface area (Å²) in [5.74, 6) is 0.496. The number of hydrogen-bond donors (Lipinski definition) is 2. The molecule has 3 rings (SSSR count). The Morgan fingerprint density at radius 3 is 2.85 bits per heavy atom. The van der Waals surface area contributed by atoms with E-state index in [0.717, 1.165) is 40.8 Å². The Balaban J connectivity index is 1.73. The number of fused-ring (bicyclic) bond motifs is 1. The number of nitrogens with two attached hydrogens (primary N) is 1. The van der Waals surface area contributed by atoms with Gasteiger partial charge in [-0.1, -0.05) is 19.1 Å². The number of thiophene rings is 1. The second-order valence-corrected chi connectivity index (χ2v) is 8.06. The fourth-order valence-corrected chi connectivity index (χ4v) is 4.72. The normalized spacial score (nSPS) is 16.0. The third-order valence-electron chi connectivity index (χ3n) is 4.92. The Bertz CT molecular complexity index is 857. The predicted octanol–water partition coefficient (Wildman–Crippen LogP) is 3.61. The van der Waals surface area contributed by atoms with Gasteiger partial charge >= 0.3 is 0 Å². The number of carbonyl (C=O) groups is 2. The molecular formula is C20H24N2O3S. The highest BCUT2D eigenvalue weighted by Crippen LogP contribution is 2.39. The number of rotatable bonds is 5. The molecule has 3 N–H and O–H groups in total. The summed E-state index contributed by atoms with van der Waals surface area (Å²) in [4.78, 5) is 25.4. The van der Waals surface area contributed by atoms with Crippen LogP contribution in [-0.2, 0) is 17.6 Å². The average molecular weight is 372 g/mol. The first-order chi connectivity index (χ1) is 12.4. The molecule has 0 bridgehead atoms. The Kier molecular flexibility index (Phi) is 5.32. The molecule has 0 radical (unpaired) electrons. The lowest BCUT2D eigenvalue weighted by molar-refractivity contribution is -0.118. The summed E-state index contributed by atoms with van der Waals surface area (Å²) in [6, 6.07) is 5.74. The fourth-order valence-electron chi connectivity index (χ4n) is 3.29. The number of primary amides is 1. The van der Waals surface area contributed by atoms with Crippen LogP contribution in [0.5, 0.6) is 5.75 Å². The molecule has 0 aliphatic heterocycles. The van der Waals surface area contributed by atoms with Crippen molar-refractivity contribution in [1.29, 1.82) is 0 Å². The summed E-state index contributed by atoms with van der Waals surface area (Å²) in [6.07, 6.45) is 2.79. The van der Waals surface area contributed by atoms with Crippen molar-refractivity contribution in [3.8, 4) is 5.75 Å². The maximum Gasteiger partial charge on any atom is 0.262 e. The van der Waals surface area contributed by atoms with Gasteiger partial charge < -0.3 is 15.8 Å². The summed E-state index contributed by atoms with van der Waals surface area (Å²) in [5, 5.41) is 3.37. The van der Waals surface area contributed by atoms with Crippen LogP contribution in [0.4, 0.5) is 5.00 Å². The van der Waals surface area contributed by atoms with Gasteiger partial charge in [-0.3, -0.25) is 9.59 Å². The summed E-state index contributed by atoms with van der Waals surface area (Å²) >= 11 is 1.46. The highest BCUT2D eigenvalue weighted by molar-refractivity contribution is 7.17. The van der Waals surface area contributed by atoms with E-state index in [1.54, 1.807) is 0 Å². The van der Waals surface area contributed by atoms with Crippen molar-refractivity contribution >= 4 is 28.2 Å². The number of aryl methyl sites for hydroxylation is 1. The van der Waals surface area contributed by atoms with Crippen molar-refractivity contribution in [2.75, 3.05) is 11.9 Å². The molecular weight excluding hydrogens is 348 g/mol. The zero-order chi connectivity index (χ0) is 18.8. The van der Waals surface area contributed by atoms with E-state index in [9.17, 15) is 9.59 Å². The van der Waals surface area contributed by atoms with Gasteiger partial charge in [-0.2, -0.15) is 0 Å². The van der Waals surface area contributed by atoms with Crippen LogP contribution in [0.1, 0.15) is 45.3 Å². The predicted molar refractivity (Wildman–Crippen MR) is 104 cm³/mol. The first-order valence-electron chi connectivity index (χ1n) is 8.80. The molecule has 1 atom stereocenters. The molecule has 1 aliphatic rings. The van der Waals surface area contributed by atoms with Gasteiger partial charge in [0.15, 0.2) is 6.61 Å². The molecule has 1 aromatic heterocycles. The van der Waals surface area contributed by atoms with Gasteiger partial charge in [0, 0.05) is 4.88 Å². The van der Waals surface area contributed by atoms with E-state index in [0.29, 0.717) is 22.2 Å². The van der Waals surface area contributed by atoms with E-state index in [2.05, 4.69) is 12.2 Å². The van der Waals surface area contributed by atoms with E-state index in [-0.39, 0.29) is 12.5 Å². The van der Waals surface area contributed by atoms with E-state index in [1.165, 1.54) is 11.3 Å². The Labute approximate surface area is 157 Å². The molecule has 1 unspecified atom stereocenters. The lowest BCUT2D eigenvalue weighted by atomic mass is 9.88. The van der Waals surface area contributed by atoms with Gasteiger partial charge in [0.1, 0.15) is 10.8 Å². The largest absolute Gasteiger partial charge is 0.483 e. The molecule has 1 aromatic carbocycles. The van der Waals surface area contributed by atoms with Crippen molar-refractivity contribution in [3.63, 3.8) is 0 Å². The molecule has 0 saturated carbocycles. The Morgan fingerprint density at radius 1 is 1.35 bits per heavy atom. The zero-order valence-corrected chi connectivity index (χ0v) is 16.2. The monoisotopic (exact) mass is 372 g/mol. The van der Waals surface area contributed by atoms with Gasteiger partial charge in [0.2, 0.25) is 0 Å². The summed E-state index contributed by atoms with van der Waals surface area (Å²) in [7, 11) is 0. The molecule has 2 amide bonds. The van der Waals surface area contributed by atoms with Crippen molar-refractivity contribution in [2.45, 2.75) is 40.0 Å². The topological polar surface area (TPSA) is 81.4 Å². The Hall–Kier alpha value is -2.34. The number of nitrogens with one attached hydrogen (secondary N) is 1. The first-order valence-corrected chi connectivity index (χ1v) is 9.61. The van der Waals surface area contributed by atoms with E-state index in [1.807, 2.05) is 32.0 Å². The molecule has 0 spiro atoms. The number of benzene rings is 1. The highest BCUT2D eigenvalue weighted by Gasteiger charge is 2.27. The second kappa shape index (κ2) is 7.50. The van der Waals surface area contributed by atoms with Gasteiger partial charge in [-0.15, -0.1) is 11.3 Å². The third kappa shape index (κ3) is 3.75. The second-order valence-electron chi connectivity index (χ2n) is 6.96. The van der Waals surface area contributed by atoms with E-state index < -0.39 is 5.91 Å². The molecule has 26 heavy (non-hydrogen) atoms. The molecule has 1 aliphatic carbocycles. The highest BCUT2D eigenvalue weighted by atomic mass is 32.1. The lowest BCUT2D eigenvalue weighted by Crippen LogP contribution is -2.23. The van der Waals surface area contributed by atoms with Crippen molar-refractivity contribution < 1.29 is 14.3 Å². The molecule has 1 heterocycles. The van der Waals surface area contributed by atoms with Crippen LogP contribution in [0.3, 0.4) is 0 Å². The van der Waals surface area contributed by atoms with E-state index >= 15 is 0 Å². The van der Waals surface area contributed by atoms with Gasteiger partial charge in [0.05, 0.1) is 5.56 Å². The fraction of sp³-hybridized carbons (Fsp3) is 0.400. The Morgan fingerprint density at radius 2 is 2.12 bits per heavy atom. The minimum atomic E-state index is -0.484. The van der Waals surface area contributed by atoms with Crippen molar-refractivity contribution in [2.24, 2.45) is 11.7 Å². The number of ether oxygens (including phenoxy) is 1. The molecule has 138 valence electrons. The molecule has 6 heteroatoms. The van der Waals surface area contributed by atoms with Crippen LogP contribution >= 0.6 is 11.3 Å². The van der Waals surface area contributed by atoms with Crippen LogP contribution < -0.4 is 15.8 Å². The number of anilines is 1. The summed E-state index contributed by atoms with van der Waals surface area (Å²) in [6.45, 7) is 6.05. The quantitative estimate of drug-likeness (QED) is 0.841. The van der Waals surface area contributed by atoms with Gasteiger partial charge in [-0.05, 0) is 61.8 Å². The number of hydrogen-bond acceptors (Lipinski definition) is 4. The van der Waals surface area contributed by atoms with Crippen molar-refractivity contribution in [3.05, 3.63) is 45.3 Å². The minimum Gasteiger partial charge on any atom is -0.483 e. The summed E-state index contributed by atoms with van der Waals surface area (Å²) < 4.78 is 5.65. The maximum absolute atomic E-state index is 12.4. The molecule has 0 fully saturated rings. The molecule has 5 nitrogen and oxygen atoms in total. The van der Waals surface area contributed by atoms with Crippen LogP contribution in [0.15, 0.2) is 18.2 Å². The SMILES string of the molecule is Cc1cccc(OCC(=O)Nc2sc3c(c2C(N)=O)CCC(C)C3)c1C. The number of amides is 2. The van der Waals surface area contributed by atoms with Crippen LogP contribution in [-0.4, -0.2) is 18.4 Å². The van der Waals surface area contributed by atoms with Crippen molar-refractivity contribution in [1.82, 2.24) is 0 Å². The third-order valence-corrected chi connectivity index (χ3v) is 6.09. The van der Waals surface area contributed by atoms with Crippen LogP contribution in [0, 0.1) is 19.8 Å². The standard InChI is InChI=1S/C20H24N2O3S/c1-11-7-8-14-16(9-11)26-20(18(14)19(21)24)22-17(23)10-25-15-6-4-5-12(2)13(15)3/h4-6,11H,7-10H2,1-3H3,(H2,21,24)(H,22,23). The maximum atomic E-state index is 12.4. The smallest absolute Gasteiger partial charge is 0.262 e. The molecule has 0 saturated heterocycles. The molecule has 2 aromatic rings. The minimum absolute atomic E-state index is 0.110. The zero-order valence-electron chi connectivity index (χ0n) is 15.3. The average Bonchev–Trinajstić information content (AvgIpc) is 2.93. The lowest BCUT2D eigenvalue weighted by Gasteiger charge is -2.18. The van der Waals surface area contributed by atoms with E-state index in [4.69, 9.17) is 10.5 Å². The van der Waals surface area contributed by atoms with Crippen LogP contribution in [0.25, 0.3) is 0 Å². The van der Waals surface area contributed by atoms with Crippen LogP contribution in [0.2, 0.25) is 0 Å². The summed E-state index contributed by atoms with van der Waals surface area (Å²) in [5.41, 5.74) is 9.18. The van der Waals surface area contributed by atoms with Gasteiger partial charge in [0.25, 0.3) is 11.8 Å². The first kappa shape index (κ1) is 18.5.